The lowest BCUT2D eigenvalue weighted by atomic mass is 9.96. The molecule has 0 aliphatic carbocycles. The third kappa shape index (κ3) is 23.6. The topological polar surface area (TPSA) is 491 Å². The van der Waals surface area contributed by atoms with Crippen molar-refractivity contribution in [2.24, 2.45) is 45.3 Å². The first-order chi connectivity index (χ1) is 45.3. The van der Waals surface area contributed by atoms with Gasteiger partial charge < -0.3 is 91.9 Å². The summed E-state index contributed by atoms with van der Waals surface area (Å²) >= 11 is 0. The minimum absolute atomic E-state index is 0.00416. The second-order valence-corrected chi connectivity index (χ2v) is 23.3. The number of benzene rings is 3. The summed E-state index contributed by atoms with van der Waals surface area (Å²) in [5, 5.41) is 23.3. The summed E-state index contributed by atoms with van der Waals surface area (Å²) in [6.07, 6.45) is 10.0. The summed E-state index contributed by atoms with van der Waals surface area (Å²) in [7, 11) is 0. The summed E-state index contributed by atoms with van der Waals surface area (Å²) < 4.78 is 0. The fourth-order valence-electron chi connectivity index (χ4n) is 10.5. The largest absolute Gasteiger partial charge is 0.370 e. The number of nitrogens with two attached hydrogens (primary N) is 6. The molecule has 6 rings (SSSR count). The number of hydrogen-bond donors (Lipinski definition) is 17. The Labute approximate surface area is 545 Å². The number of aliphatic imine (C=N–C) groups is 1. The monoisotopic (exact) mass is 1300 g/mol. The van der Waals surface area contributed by atoms with E-state index in [0.717, 1.165) is 10.9 Å². The SMILES string of the molecule is CC[C@@H](C)[C@H](NC(=O)[C@@H](Cc1ccccc1)NC(=O)[C@@H](Cc1c[nH]c2ccccc12)NC(=O)[C@@H](N)CCCN=C(N)N)C(=O)N[C@H](Cc1ccccc1)C(=O)N[C@@H](Cc1cnc[nH]1)C(=O)N[C@@H](CCCCN)C(=O)N[C@@H](CCCCN)C(=O)N[C@@H](Cc1cnc[nH]1)C(N)=O. The molecule has 0 saturated carbocycles. The van der Waals surface area contributed by atoms with Gasteiger partial charge in [-0.15, -0.1) is 0 Å². The number of aromatic nitrogens is 5. The number of para-hydroxylation sites is 1. The van der Waals surface area contributed by atoms with Crippen LogP contribution in [-0.4, -0.2) is 158 Å². The average Bonchev–Trinajstić information content (AvgIpc) is 1.63. The minimum atomic E-state index is -1.42. The molecule has 6 aromatic rings. The Bertz CT molecular complexity index is 3400. The quantitative estimate of drug-likeness (QED) is 0.0127. The molecule has 94 heavy (non-hydrogen) atoms. The van der Waals surface area contributed by atoms with Crippen molar-refractivity contribution in [1.82, 2.24) is 67.5 Å². The van der Waals surface area contributed by atoms with E-state index in [4.69, 9.17) is 34.4 Å². The van der Waals surface area contributed by atoms with Gasteiger partial charge in [-0.2, -0.15) is 0 Å². The number of rotatable bonds is 41. The van der Waals surface area contributed by atoms with Crippen LogP contribution in [0.15, 0.2) is 121 Å². The Balaban J connectivity index is 1.25. The fourth-order valence-corrected chi connectivity index (χ4v) is 10.5. The number of nitrogens with one attached hydrogen (secondary N) is 11. The van der Waals surface area contributed by atoms with E-state index in [9.17, 15) is 33.6 Å². The van der Waals surface area contributed by atoms with Crippen LogP contribution in [-0.2, 0) is 75.3 Å². The van der Waals surface area contributed by atoms with Crippen molar-refractivity contribution >= 4 is 70.0 Å². The van der Waals surface area contributed by atoms with Crippen molar-refractivity contribution < 1.29 is 43.2 Å². The maximum absolute atomic E-state index is 15.0. The number of fused-ring (bicyclic) bond motifs is 1. The third-order valence-electron chi connectivity index (χ3n) is 16.1. The maximum Gasteiger partial charge on any atom is 0.243 e. The van der Waals surface area contributed by atoms with Gasteiger partial charge in [-0.25, -0.2) is 9.97 Å². The van der Waals surface area contributed by atoms with Gasteiger partial charge in [-0.3, -0.25) is 48.1 Å². The normalized spacial score (nSPS) is 14.4. The highest BCUT2D eigenvalue weighted by Crippen LogP contribution is 2.21. The summed E-state index contributed by atoms with van der Waals surface area (Å²) in [6, 6.07) is 13.7. The van der Waals surface area contributed by atoms with E-state index in [1.165, 1.54) is 25.0 Å². The van der Waals surface area contributed by atoms with Crippen molar-refractivity contribution in [3.05, 3.63) is 144 Å². The van der Waals surface area contributed by atoms with Crippen LogP contribution in [0.4, 0.5) is 0 Å². The molecule has 0 saturated heterocycles. The molecule has 3 aromatic carbocycles. The first kappa shape index (κ1) is 73.1. The van der Waals surface area contributed by atoms with Crippen LogP contribution < -0.4 is 76.9 Å². The third-order valence-corrected chi connectivity index (χ3v) is 16.1. The van der Waals surface area contributed by atoms with E-state index in [1.54, 1.807) is 73.8 Å². The molecule has 0 fully saturated rings. The predicted octanol–water partition coefficient (Wildman–Crippen LogP) is -0.824. The van der Waals surface area contributed by atoms with Gasteiger partial charge in [0.2, 0.25) is 53.2 Å². The van der Waals surface area contributed by atoms with E-state index in [1.807, 2.05) is 31.2 Å². The number of imidazole rings is 2. The van der Waals surface area contributed by atoms with Gasteiger partial charge in [0.1, 0.15) is 48.3 Å². The highest BCUT2D eigenvalue weighted by atomic mass is 16.2. The van der Waals surface area contributed by atoms with Crippen molar-refractivity contribution in [2.75, 3.05) is 19.6 Å². The van der Waals surface area contributed by atoms with Crippen LogP contribution in [0.2, 0.25) is 0 Å². The minimum Gasteiger partial charge on any atom is -0.370 e. The molecule has 0 spiro atoms. The van der Waals surface area contributed by atoms with Gasteiger partial charge in [-0.1, -0.05) is 99.1 Å². The zero-order chi connectivity index (χ0) is 67.9. The first-order valence-electron chi connectivity index (χ1n) is 31.8. The number of aromatic amines is 3. The maximum atomic E-state index is 15.0. The summed E-state index contributed by atoms with van der Waals surface area (Å²) in [5.41, 5.74) is 38.4. The Morgan fingerprint density at radius 1 is 0.479 bits per heavy atom. The Hall–Kier alpha value is -10.00. The van der Waals surface area contributed by atoms with Crippen molar-refractivity contribution in [2.45, 2.75) is 158 Å². The summed E-state index contributed by atoms with van der Waals surface area (Å²) in [5.74, 6) is -7.42. The van der Waals surface area contributed by atoms with Gasteiger partial charge in [0.15, 0.2) is 5.96 Å². The fraction of sp³-hybridized carbons (Fsp3) is 0.446. The molecule has 0 radical (unpaired) electrons. The second-order valence-electron chi connectivity index (χ2n) is 23.3. The Kier molecular flexibility index (Phi) is 29.6. The van der Waals surface area contributed by atoms with Gasteiger partial charge >= 0.3 is 0 Å². The van der Waals surface area contributed by atoms with E-state index in [2.05, 4.69) is 72.4 Å². The summed E-state index contributed by atoms with van der Waals surface area (Å²) in [6.45, 7) is 4.37. The number of unbranched alkanes of at least 4 members (excludes halogenated alkanes) is 2. The highest BCUT2D eigenvalue weighted by molar-refractivity contribution is 5.99. The number of H-pyrrole nitrogens is 3. The van der Waals surface area contributed by atoms with E-state index in [-0.39, 0.29) is 70.4 Å². The first-order valence-corrected chi connectivity index (χ1v) is 31.8. The van der Waals surface area contributed by atoms with Crippen LogP contribution in [0.1, 0.15) is 99.7 Å². The van der Waals surface area contributed by atoms with Crippen molar-refractivity contribution in [1.29, 1.82) is 0 Å². The molecule has 0 unspecified atom stereocenters. The standard InChI is InChI=1S/C65H92N20O9/c1-3-39(2)55(85-63(93)52(30-41-19-8-5-9-20-41)82-61(91)53(31-42-34-75-47-23-11-10-21-45(42)47)81-57(87)46(68)22-16-28-74-65(70)71)64(94)84-51(29-40-17-6-4-7-18-40)60(90)83-54(33-44-36-73-38-77-44)62(92)79-48(24-12-14-26-66)58(88)78-49(25-13-15-27-67)59(89)80-50(56(69)86)32-43-35-72-37-76-43/h4-11,17-21,23,34-39,46,48-55,75H,3,12-16,22,24-33,66-68H2,1-2H3,(H2,69,86)(H,72,76)(H,73,77)(H,78,88)(H,79,92)(H,80,89)(H,81,87)(H,82,91)(H,83,90)(H,84,94)(H,85,93)(H4,70,71,74)/t39-,46+,48+,49+,50+,51-,52-,53-,54+,55+/m1/s1. The number of nitrogens with zero attached hydrogens (tertiary/aromatic N) is 3. The van der Waals surface area contributed by atoms with Crippen LogP contribution >= 0.6 is 0 Å². The number of hydrogen-bond acceptors (Lipinski definition) is 15. The Morgan fingerprint density at radius 3 is 1.40 bits per heavy atom. The van der Waals surface area contributed by atoms with Crippen LogP contribution in [0.25, 0.3) is 10.9 Å². The Morgan fingerprint density at radius 2 is 0.915 bits per heavy atom. The molecular formula is C65H92N20O9. The summed E-state index contributed by atoms with van der Waals surface area (Å²) in [4.78, 5) is 150. The number of guanidine groups is 1. The zero-order valence-electron chi connectivity index (χ0n) is 53.2. The second kappa shape index (κ2) is 38.1. The van der Waals surface area contributed by atoms with Gasteiger partial charge in [0.05, 0.1) is 18.7 Å². The van der Waals surface area contributed by atoms with E-state index >= 15 is 9.59 Å². The lowest BCUT2D eigenvalue weighted by Gasteiger charge is -2.30. The molecule has 0 aliphatic rings. The van der Waals surface area contributed by atoms with Crippen LogP contribution in [0, 0.1) is 5.92 Å². The highest BCUT2D eigenvalue weighted by Gasteiger charge is 2.37. The van der Waals surface area contributed by atoms with Crippen LogP contribution in [0.5, 0.6) is 0 Å². The predicted molar refractivity (Wildman–Crippen MR) is 355 cm³/mol. The number of amides is 9. The number of carbonyl (C=O) groups is 9. The van der Waals surface area contributed by atoms with E-state index < -0.39 is 113 Å². The lowest BCUT2D eigenvalue weighted by molar-refractivity contribution is -0.136. The molecule has 10 atom stereocenters. The van der Waals surface area contributed by atoms with E-state index in [0.29, 0.717) is 73.1 Å². The molecular weight excluding hydrogens is 1200 g/mol. The average molecular weight is 1300 g/mol. The molecule has 9 amide bonds. The van der Waals surface area contributed by atoms with Gasteiger partial charge in [0.25, 0.3) is 0 Å². The molecule has 3 aromatic heterocycles. The van der Waals surface area contributed by atoms with Crippen molar-refractivity contribution in [3.63, 3.8) is 0 Å². The molecule has 0 aliphatic heterocycles. The van der Waals surface area contributed by atoms with Crippen LogP contribution in [0.3, 0.4) is 0 Å². The van der Waals surface area contributed by atoms with Gasteiger partial charge in [-0.05, 0) is 93.1 Å². The molecule has 29 heteroatoms. The molecule has 23 N–H and O–H groups in total. The van der Waals surface area contributed by atoms with Gasteiger partial charge in [0, 0.05) is 79.5 Å². The number of carbonyl (C=O) groups excluding carboxylic acids is 9. The molecule has 0 bridgehead atoms. The van der Waals surface area contributed by atoms with Crippen molar-refractivity contribution in [3.8, 4) is 0 Å². The lowest BCUT2D eigenvalue weighted by Crippen LogP contribution is -2.62. The molecule has 29 nitrogen and oxygen atoms in total. The molecule has 3 heterocycles. The smallest absolute Gasteiger partial charge is 0.243 e. The number of primary amides is 1. The zero-order valence-corrected chi connectivity index (χ0v) is 53.2. The molecule has 506 valence electrons.